The predicted octanol–water partition coefficient (Wildman–Crippen LogP) is 5.71. The van der Waals surface area contributed by atoms with E-state index in [9.17, 15) is 28.4 Å². The number of aromatic nitrogens is 2. The number of rotatable bonds is 7. The van der Waals surface area contributed by atoms with Crippen molar-refractivity contribution < 1.29 is 23.2 Å². The van der Waals surface area contributed by atoms with E-state index < -0.39 is 35.9 Å². The molecule has 0 spiro atoms. The highest BCUT2D eigenvalue weighted by Crippen LogP contribution is 2.38. The van der Waals surface area contributed by atoms with Crippen molar-refractivity contribution >= 4 is 40.0 Å². The summed E-state index contributed by atoms with van der Waals surface area (Å²) < 4.78 is 27.9. The number of fused-ring (bicyclic) bond motifs is 1. The first kappa shape index (κ1) is 29.9. The molecule has 3 aromatic carbocycles. The van der Waals surface area contributed by atoms with Gasteiger partial charge < -0.3 is 5.32 Å². The maximum Gasteiger partial charge on any atom is 0.251 e. The lowest BCUT2D eigenvalue weighted by molar-refractivity contribution is -0.128. The standard InChI is InChI=1S/C34H32F2N6O3/c1-21-6-2-3-10-26(21)31(32(44)39-24-14-16-34(35,36)17-15-24)42(27-11-5-8-23-20-38-40-30(23)27)33(45)28-12-13-29(43)41(28)25-9-4-7-22(18-25)19-37/h2-11,18,20,24,28,31H,12-17H2,1H3,(H,38,40)(H,39,44). The summed E-state index contributed by atoms with van der Waals surface area (Å²) in [6.45, 7) is 1.84. The smallest absolute Gasteiger partial charge is 0.251 e. The van der Waals surface area contributed by atoms with Crippen molar-refractivity contribution in [1.82, 2.24) is 15.5 Å². The quantitative estimate of drug-likeness (QED) is 0.278. The Bertz CT molecular complexity index is 1800. The van der Waals surface area contributed by atoms with Gasteiger partial charge in [-0.1, -0.05) is 42.5 Å². The average Bonchev–Trinajstić information content (AvgIpc) is 3.68. The van der Waals surface area contributed by atoms with Crippen LogP contribution in [0, 0.1) is 18.3 Å². The Morgan fingerprint density at radius 2 is 1.84 bits per heavy atom. The number of para-hydroxylation sites is 1. The van der Waals surface area contributed by atoms with Gasteiger partial charge in [0.2, 0.25) is 17.7 Å². The van der Waals surface area contributed by atoms with Gasteiger partial charge in [0.05, 0.1) is 29.0 Å². The van der Waals surface area contributed by atoms with Crippen LogP contribution >= 0.6 is 0 Å². The van der Waals surface area contributed by atoms with Gasteiger partial charge in [-0.3, -0.25) is 29.3 Å². The molecule has 2 N–H and O–H groups in total. The number of amides is 3. The van der Waals surface area contributed by atoms with Crippen LogP contribution in [0.3, 0.4) is 0 Å². The van der Waals surface area contributed by atoms with E-state index in [0.29, 0.717) is 33.4 Å². The molecular formula is C34H32F2N6O3. The van der Waals surface area contributed by atoms with Crippen LogP contribution < -0.4 is 15.1 Å². The third-order valence-electron chi connectivity index (χ3n) is 8.76. The molecule has 2 fully saturated rings. The molecule has 9 nitrogen and oxygen atoms in total. The van der Waals surface area contributed by atoms with Crippen LogP contribution in [0.1, 0.15) is 61.3 Å². The molecule has 230 valence electrons. The fraction of sp³-hybridized carbons (Fsp3) is 0.324. The first-order valence-corrected chi connectivity index (χ1v) is 15.0. The second kappa shape index (κ2) is 12.1. The maximum atomic E-state index is 15.0. The summed E-state index contributed by atoms with van der Waals surface area (Å²) in [6.07, 6.45) is 1.49. The monoisotopic (exact) mass is 610 g/mol. The van der Waals surface area contributed by atoms with Crippen molar-refractivity contribution in [2.75, 3.05) is 9.80 Å². The van der Waals surface area contributed by atoms with Crippen molar-refractivity contribution in [2.24, 2.45) is 0 Å². The van der Waals surface area contributed by atoms with E-state index >= 15 is 0 Å². The molecule has 1 aliphatic heterocycles. The molecule has 6 rings (SSSR count). The first-order valence-electron chi connectivity index (χ1n) is 15.0. The average molecular weight is 611 g/mol. The molecule has 1 aromatic heterocycles. The van der Waals surface area contributed by atoms with Gasteiger partial charge in [0.25, 0.3) is 5.91 Å². The number of carbonyl (C=O) groups excluding carboxylic acids is 3. The number of nitrogens with one attached hydrogen (secondary N) is 2. The van der Waals surface area contributed by atoms with Crippen molar-refractivity contribution in [1.29, 1.82) is 5.26 Å². The number of H-pyrrole nitrogens is 1. The predicted molar refractivity (Wildman–Crippen MR) is 165 cm³/mol. The molecule has 1 saturated heterocycles. The molecule has 2 atom stereocenters. The minimum Gasteiger partial charge on any atom is -0.351 e. The Morgan fingerprint density at radius 1 is 1.09 bits per heavy atom. The van der Waals surface area contributed by atoms with Gasteiger partial charge in [-0.05, 0) is 61.6 Å². The van der Waals surface area contributed by atoms with E-state index in [2.05, 4.69) is 21.6 Å². The molecule has 0 radical (unpaired) electrons. The summed E-state index contributed by atoms with van der Waals surface area (Å²) in [5.41, 5.74) is 2.98. The number of hydrogen-bond donors (Lipinski definition) is 2. The largest absolute Gasteiger partial charge is 0.351 e. The van der Waals surface area contributed by atoms with Crippen LogP contribution in [0.15, 0.2) is 72.9 Å². The molecule has 11 heteroatoms. The van der Waals surface area contributed by atoms with Crippen LogP contribution in [-0.4, -0.2) is 45.9 Å². The topological polar surface area (TPSA) is 122 Å². The second-order valence-corrected chi connectivity index (χ2v) is 11.7. The van der Waals surface area contributed by atoms with Gasteiger partial charge in [0.15, 0.2) is 0 Å². The number of aryl methyl sites for hydroxylation is 1. The molecule has 2 aliphatic rings. The first-order chi connectivity index (χ1) is 21.7. The zero-order valence-electron chi connectivity index (χ0n) is 24.7. The van der Waals surface area contributed by atoms with Crippen molar-refractivity contribution in [3.8, 4) is 6.07 Å². The van der Waals surface area contributed by atoms with Crippen molar-refractivity contribution in [3.63, 3.8) is 0 Å². The Morgan fingerprint density at radius 3 is 2.60 bits per heavy atom. The zero-order valence-corrected chi connectivity index (χ0v) is 24.7. The number of hydrogen-bond acceptors (Lipinski definition) is 5. The van der Waals surface area contributed by atoms with E-state index in [1.807, 2.05) is 25.1 Å². The zero-order chi connectivity index (χ0) is 31.7. The van der Waals surface area contributed by atoms with Crippen LogP contribution in [0.25, 0.3) is 10.9 Å². The molecule has 1 aliphatic carbocycles. The summed E-state index contributed by atoms with van der Waals surface area (Å²) in [6, 6.07) is 18.5. The van der Waals surface area contributed by atoms with Gasteiger partial charge in [-0.15, -0.1) is 0 Å². The molecule has 4 aromatic rings. The Kier molecular flexibility index (Phi) is 8.06. The summed E-state index contributed by atoms with van der Waals surface area (Å²) in [5.74, 6) is -4.05. The van der Waals surface area contributed by atoms with Gasteiger partial charge >= 0.3 is 0 Å². The SMILES string of the molecule is Cc1ccccc1C(C(=O)NC1CCC(F)(F)CC1)N(C(=O)C1CCC(=O)N1c1cccc(C#N)c1)c1cccc2cn[nH]c12. The van der Waals surface area contributed by atoms with Gasteiger partial charge in [0, 0.05) is 36.4 Å². The lowest BCUT2D eigenvalue weighted by atomic mass is 9.91. The van der Waals surface area contributed by atoms with Gasteiger partial charge in [-0.2, -0.15) is 10.4 Å². The minimum absolute atomic E-state index is 0.104. The summed E-state index contributed by atoms with van der Waals surface area (Å²) in [5, 5.41) is 20.3. The van der Waals surface area contributed by atoms with E-state index in [1.165, 1.54) is 9.80 Å². The van der Waals surface area contributed by atoms with Gasteiger partial charge in [-0.25, -0.2) is 8.78 Å². The molecule has 45 heavy (non-hydrogen) atoms. The fourth-order valence-electron chi connectivity index (χ4n) is 6.42. The van der Waals surface area contributed by atoms with Gasteiger partial charge in [0.1, 0.15) is 12.1 Å². The van der Waals surface area contributed by atoms with Crippen LogP contribution in [-0.2, 0) is 14.4 Å². The van der Waals surface area contributed by atoms with Crippen molar-refractivity contribution in [3.05, 3.63) is 89.6 Å². The number of halogens is 2. The third kappa shape index (κ3) is 5.88. The number of alkyl halides is 2. The second-order valence-electron chi connectivity index (χ2n) is 11.7. The molecule has 2 heterocycles. The molecule has 1 saturated carbocycles. The summed E-state index contributed by atoms with van der Waals surface area (Å²) in [4.78, 5) is 45.5. The molecule has 2 unspecified atom stereocenters. The lowest BCUT2D eigenvalue weighted by Gasteiger charge is -2.37. The molecular weight excluding hydrogens is 578 g/mol. The summed E-state index contributed by atoms with van der Waals surface area (Å²) in [7, 11) is 0. The number of aromatic amines is 1. The minimum atomic E-state index is -2.77. The maximum absolute atomic E-state index is 15.0. The van der Waals surface area contributed by atoms with Crippen LogP contribution in [0.5, 0.6) is 0 Å². The Labute approximate surface area is 258 Å². The highest BCUT2D eigenvalue weighted by molar-refractivity contribution is 6.13. The number of anilines is 2. The number of nitrogens with zero attached hydrogens (tertiary/aromatic N) is 4. The van der Waals surface area contributed by atoms with Crippen LogP contribution in [0.4, 0.5) is 20.2 Å². The van der Waals surface area contributed by atoms with Crippen molar-refractivity contribution in [2.45, 2.75) is 69.5 Å². The van der Waals surface area contributed by atoms with E-state index in [4.69, 9.17) is 0 Å². The number of nitriles is 1. The highest BCUT2D eigenvalue weighted by atomic mass is 19.3. The Hall–Kier alpha value is -5.11. The van der Waals surface area contributed by atoms with Crippen LogP contribution in [0.2, 0.25) is 0 Å². The van der Waals surface area contributed by atoms with E-state index in [1.54, 1.807) is 54.7 Å². The fourth-order valence-corrected chi connectivity index (χ4v) is 6.42. The lowest BCUT2D eigenvalue weighted by Crippen LogP contribution is -2.53. The number of benzene rings is 3. The van der Waals surface area contributed by atoms with E-state index in [0.717, 1.165) is 5.56 Å². The molecule has 0 bridgehead atoms. The Balaban J connectivity index is 1.48. The normalized spacial score (nSPS) is 18.8. The number of carbonyl (C=O) groups is 3. The highest BCUT2D eigenvalue weighted by Gasteiger charge is 2.45. The third-order valence-corrected chi connectivity index (χ3v) is 8.76. The molecule has 3 amide bonds. The van der Waals surface area contributed by atoms with E-state index in [-0.39, 0.29) is 44.4 Å². The summed E-state index contributed by atoms with van der Waals surface area (Å²) >= 11 is 0.